The molecule has 0 radical (unpaired) electrons. The first kappa shape index (κ1) is 8.50. The van der Waals surface area contributed by atoms with Crippen LogP contribution >= 0.6 is 0 Å². The van der Waals surface area contributed by atoms with Gasteiger partial charge in [0.05, 0.1) is 0 Å². The van der Waals surface area contributed by atoms with E-state index in [9.17, 15) is 0 Å². The van der Waals surface area contributed by atoms with E-state index in [0.29, 0.717) is 5.82 Å². The lowest BCUT2D eigenvalue weighted by atomic mass is 10.2. The summed E-state index contributed by atoms with van der Waals surface area (Å²) < 4.78 is 4.62. The molecule has 0 saturated carbocycles. The third kappa shape index (κ3) is 1.98. The highest BCUT2D eigenvalue weighted by Gasteiger charge is 1.96. The number of hydrogen-bond donors (Lipinski definition) is 1. The number of anilines is 1. The lowest BCUT2D eigenvalue weighted by molar-refractivity contribution is 0.433. The van der Waals surface area contributed by atoms with E-state index in [1.807, 2.05) is 36.4 Å². The van der Waals surface area contributed by atoms with E-state index < -0.39 is 0 Å². The van der Waals surface area contributed by atoms with Crippen LogP contribution in [0.25, 0.3) is 12.2 Å². The van der Waals surface area contributed by atoms with Crippen molar-refractivity contribution in [3.8, 4) is 0 Å². The molecule has 0 fully saturated rings. The fourth-order valence-corrected chi connectivity index (χ4v) is 1.05. The number of nitrogen functional groups attached to an aromatic ring is 1. The molecule has 0 aliphatic carbocycles. The van der Waals surface area contributed by atoms with Gasteiger partial charge in [0.15, 0.2) is 5.82 Å². The second kappa shape index (κ2) is 3.74. The number of rotatable bonds is 2. The molecule has 1 aromatic carbocycles. The fourth-order valence-electron chi connectivity index (χ4n) is 1.05. The monoisotopic (exact) mass is 187 g/mol. The smallest absolute Gasteiger partial charge is 0.319 e. The summed E-state index contributed by atoms with van der Waals surface area (Å²) in [7, 11) is 0. The summed E-state index contributed by atoms with van der Waals surface area (Å²) in [4.78, 5) is 3.84. The molecule has 0 unspecified atom stereocenters. The minimum absolute atomic E-state index is 0.0812. The van der Waals surface area contributed by atoms with Crippen LogP contribution in [0.2, 0.25) is 0 Å². The summed E-state index contributed by atoms with van der Waals surface area (Å²) in [5, 5.41) is 3.63. The lowest BCUT2D eigenvalue weighted by Crippen LogP contribution is -1.82. The Morgan fingerprint density at radius 3 is 2.57 bits per heavy atom. The maximum atomic E-state index is 5.27. The van der Waals surface area contributed by atoms with E-state index in [1.54, 1.807) is 6.08 Å². The first-order valence-corrected chi connectivity index (χ1v) is 4.17. The van der Waals surface area contributed by atoms with Crippen LogP contribution in [0.1, 0.15) is 11.4 Å². The number of nitrogens with two attached hydrogens (primary N) is 1. The molecule has 0 aliphatic rings. The number of benzene rings is 1. The van der Waals surface area contributed by atoms with Gasteiger partial charge in [-0.05, 0) is 11.6 Å². The van der Waals surface area contributed by atoms with Gasteiger partial charge in [0.2, 0.25) is 0 Å². The number of nitrogens with zero attached hydrogens (tertiary/aromatic N) is 2. The van der Waals surface area contributed by atoms with Crippen LogP contribution in [0, 0.1) is 0 Å². The molecule has 1 heterocycles. The summed E-state index contributed by atoms with van der Waals surface area (Å²) in [6, 6.07) is 9.94. The van der Waals surface area contributed by atoms with Crippen molar-refractivity contribution in [1.82, 2.24) is 10.1 Å². The van der Waals surface area contributed by atoms with Gasteiger partial charge >= 0.3 is 6.01 Å². The fraction of sp³-hybridized carbons (Fsp3) is 0. The Morgan fingerprint density at radius 1 is 1.14 bits per heavy atom. The van der Waals surface area contributed by atoms with Gasteiger partial charge in [-0.3, -0.25) is 0 Å². The van der Waals surface area contributed by atoms with E-state index in [0.717, 1.165) is 5.56 Å². The van der Waals surface area contributed by atoms with Gasteiger partial charge in [-0.15, -0.1) is 0 Å². The van der Waals surface area contributed by atoms with Crippen LogP contribution in [0.4, 0.5) is 6.01 Å². The Bertz CT molecular complexity index is 434. The van der Waals surface area contributed by atoms with Crippen molar-refractivity contribution in [1.29, 1.82) is 0 Å². The first-order chi connectivity index (χ1) is 6.84. The zero-order valence-corrected chi connectivity index (χ0v) is 7.42. The molecule has 2 aromatic rings. The maximum absolute atomic E-state index is 5.27. The van der Waals surface area contributed by atoms with Crippen molar-refractivity contribution in [2.24, 2.45) is 0 Å². The highest BCUT2D eigenvalue weighted by molar-refractivity contribution is 5.66. The summed E-state index contributed by atoms with van der Waals surface area (Å²) in [6.07, 6.45) is 3.64. The largest absolute Gasteiger partial charge is 0.351 e. The van der Waals surface area contributed by atoms with E-state index in [2.05, 4.69) is 14.7 Å². The maximum Gasteiger partial charge on any atom is 0.319 e. The van der Waals surface area contributed by atoms with Gasteiger partial charge in [0.1, 0.15) is 0 Å². The zero-order chi connectivity index (χ0) is 9.80. The van der Waals surface area contributed by atoms with Crippen LogP contribution in [0.3, 0.4) is 0 Å². The SMILES string of the molecule is Nc1nc(/C=C/c2ccccc2)no1. The van der Waals surface area contributed by atoms with Gasteiger partial charge in [0.25, 0.3) is 0 Å². The van der Waals surface area contributed by atoms with E-state index in [-0.39, 0.29) is 6.01 Å². The molecule has 70 valence electrons. The highest BCUT2D eigenvalue weighted by Crippen LogP contribution is 2.05. The molecule has 14 heavy (non-hydrogen) atoms. The van der Waals surface area contributed by atoms with Gasteiger partial charge in [-0.2, -0.15) is 4.98 Å². The summed E-state index contributed by atoms with van der Waals surface area (Å²) in [5.41, 5.74) is 6.35. The predicted molar refractivity (Wildman–Crippen MR) is 54.1 cm³/mol. The Morgan fingerprint density at radius 2 is 1.93 bits per heavy atom. The van der Waals surface area contributed by atoms with Gasteiger partial charge < -0.3 is 10.3 Å². The van der Waals surface area contributed by atoms with Crippen LogP contribution in [0.15, 0.2) is 34.9 Å². The molecule has 0 bridgehead atoms. The summed E-state index contributed by atoms with van der Waals surface area (Å²) in [5.74, 6) is 0.478. The topological polar surface area (TPSA) is 64.9 Å². The molecular formula is C10H9N3O. The molecule has 4 heteroatoms. The normalized spacial score (nSPS) is 10.9. The molecule has 2 N–H and O–H groups in total. The molecule has 0 spiro atoms. The van der Waals surface area contributed by atoms with Crippen LogP contribution in [-0.2, 0) is 0 Å². The predicted octanol–water partition coefficient (Wildman–Crippen LogP) is 1.82. The van der Waals surface area contributed by atoms with Crippen LogP contribution < -0.4 is 5.73 Å². The van der Waals surface area contributed by atoms with Gasteiger partial charge in [-0.25, -0.2) is 0 Å². The van der Waals surface area contributed by atoms with E-state index in [1.165, 1.54) is 0 Å². The quantitative estimate of drug-likeness (QED) is 0.778. The second-order valence-corrected chi connectivity index (χ2v) is 2.73. The molecule has 2 rings (SSSR count). The Hall–Kier alpha value is -2.10. The summed E-state index contributed by atoms with van der Waals surface area (Å²) >= 11 is 0. The third-order valence-corrected chi connectivity index (χ3v) is 1.68. The standard InChI is InChI=1S/C10H9N3O/c11-10-12-9(13-14-10)7-6-8-4-2-1-3-5-8/h1-7H,(H2,11,12,13)/b7-6+. The van der Waals surface area contributed by atoms with Crippen molar-refractivity contribution in [2.75, 3.05) is 5.73 Å². The number of hydrogen-bond acceptors (Lipinski definition) is 4. The van der Waals surface area contributed by atoms with Gasteiger partial charge in [-0.1, -0.05) is 41.6 Å². The molecule has 0 saturated heterocycles. The zero-order valence-electron chi connectivity index (χ0n) is 7.42. The minimum atomic E-state index is 0.0812. The average molecular weight is 187 g/mol. The van der Waals surface area contributed by atoms with Crippen molar-refractivity contribution < 1.29 is 4.52 Å². The molecule has 1 aromatic heterocycles. The summed E-state index contributed by atoms with van der Waals surface area (Å²) in [6.45, 7) is 0. The molecule has 0 amide bonds. The third-order valence-electron chi connectivity index (χ3n) is 1.68. The second-order valence-electron chi connectivity index (χ2n) is 2.73. The first-order valence-electron chi connectivity index (χ1n) is 4.17. The Labute approximate surface area is 81.1 Å². The van der Waals surface area contributed by atoms with Crippen molar-refractivity contribution in [3.05, 3.63) is 41.7 Å². The van der Waals surface area contributed by atoms with Crippen molar-refractivity contribution in [2.45, 2.75) is 0 Å². The van der Waals surface area contributed by atoms with E-state index >= 15 is 0 Å². The molecule has 0 aliphatic heterocycles. The van der Waals surface area contributed by atoms with E-state index in [4.69, 9.17) is 5.73 Å². The minimum Gasteiger partial charge on any atom is -0.351 e. The molecular weight excluding hydrogens is 178 g/mol. The van der Waals surface area contributed by atoms with Crippen molar-refractivity contribution >= 4 is 18.2 Å². The van der Waals surface area contributed by atoms with Crippen molar-refractivity contribution in [3.63, 3.8) is 0 Å². The Balaban J connectivity index is 2.15. The molecule has 0 atom stereocenters. The lowest BCUT2D eigenvalue weighted by Gasteiger charge is -1.88. The molecule has 4 nitrogen and oxygen atoms in total. The van der Waals surface area contributed by atoms with Crippen LogP contribution in [0.5, 0.6) is 0 Å². The van der Waals surface area contributed by atoms with Gasteiger partial charge in [0, 0.05) is 0 Å². The number of aromatic nitrogens is 2. The highest BCUT2D eigenvalue weighted by atomic mass is 16.5. The Kier molecular flexibility index (Phi) is 2.27. The van der Waals surface area contributed by atoms with Crippen LogP contribution in [-0.4, -0.2) is 10.1 Å². The average Bonchev–Trinajstić information content (AvgIpc) is 2.63.